The van der Waals surface area contributed by atoms with Crippen LogP contribution in [0.2, 0.25) is 0 Å². The van der Waals surface area contributed by atoms with Crippen LogP contribution in [0.25, 0.3) is 6.20 Å². The van der Waals surface area contributed by atoms with Crippen molar-refractivity contribution in [1.29, 1.82) is 0 Å². The minimum atomic E-state index is -0.109. The highest BCUT2D eigenvalue weighted by Gasteiger charge is 2.60. The molecule has 4 unspecified atom stereocenters. The Morgan fingerprint density at radius 3 is 2.69 bits per heavy atom. The van der Waals surface area contributed by atoms with Gasteiger partial charge in [-0.2, -0.15) is 0 Å². The van der Waals surface area contributed by atoms with Gasteiger partial charge in [-0.25, -0.2) is 0 Å². The molecule has 0 amide bonds. The molecule has 4 atom stereocenters. The molecule has 190 valence electrons. The number of fused-ring (bicyclic) bond motifs is 3. The highest BCUT2D eigenvalue weighted by molar-refractivity contribution is 5.39. The summed E-state index contributed by atoms with van der Waals surface area (Å²) in [7, 11) is 1.72. The van der Waals surface area contributed by atoms with Crippen LogP contribution in [0, 0.1) is 5.41 Å². The molecule has 1 spiro atoms. The summed E-state index contributed by atoms with van der Waals surface area (Å²) >= 11 is 0. The average Bonchev–Trinajstić information content (AvgIpc) is 3.33. The first-order valence-corrected chi connectivity index (χ1v) is 13.2. The van der Waals surface area contributed by atoms with Gasteiger partial charge in [-0.3, -0.25) is 4.90 Å². The van der Waals surface area contributed by atoms with E-state index in [-0.39, 0.29) is 16.5 Å². The molecular formula is C30H43N3O2. The van der Waals surface area contributed by atoms with Gasteiger partial charge in [0.25, 0.3) is 0 Å². The maximum absolute atomic E-state index is 5.72. The van der Waals surface area contributed by atoms with Gasteiger partial charge in [-0.15, -0.1) is 0 Å². The Hall–Kier alpha value is -2.66. The number of nitrogens with one attached hydrogen (secondary N) is 1. The average molecular weight is 478 g/mol. The lowest BCUT2D eigenvalue weighted by molar-refractivity contribution is -0.147. The zero-order valence-corrected chi connectivity index (χ0v) is 22.4. The summed E-state index contributed by atoms with van der Waals surface area (Å²) in [5, 5.41) is 3.82. The van der Waals surface area contributed by atoms with Crippen LogP contribution in [0.1, 0.15) is 66.0 Å². The monoisotopic (exact) mass is 477 g/mol. The molecule has 4 heterocycles. The van der Waals surface area contributed by atoms with E-state index >= 15 is 0 Å². The molecule has 1 N–H and O–H groups in total. The molecule has 3 aliphatic heterocycles. The van der Waals surface area contributed by atoms with E-state index in [9.17, 15) is 0 Å². The second-order valence-corrected chi connectivity index (χ2v) is 10.4. The van der Waals surface area contributed by atoms with E-state index in [1.54, 1.807) is 7.11 Å². The number of methoxy groups -OCH3 is 1. The van der Waals surface area contributed by atoms with Crippen LogP contribution in [0.4, 0.5) is 0 Å². The normalized spacial score (nSPS) is 37.0. The number of hydrogen-bond donors (Lipinski definition) is 1. The number of aromatic nitrogens is 1. The van der Waals surface area contributed by atoms with Crippen LogP contribution in [0.3, 0.4) is 0 Å². The van der Waals surface area contributed by atoms with Crippen LogP contribution < -0.4 is 5.32 Å². The van der Waals surface area contributed by atoms with Crippen molar-refractivity contribution in [1.82, 2.24) is 14.8 Å². The van der Waals surface area contributed by atoms with Gasteiger partial charge in [0.2, 0.25) is 0 Å². The van der Waals surface area contributed by atoms with Gasteiger partial charge in [0.15, 0.2) is 0 Å². The van der Waals surface area contributed by atoms with Crippen molar-refractivity contribution in [3.05, 3.63) is 78.2 Å². The van der Waals surface area contributed by atoms with Crippen molar-refractivity contribution in [3.8, 4) is 0 Å². The fourth-order valence-corrected chi connectivity index (χ4v) is 6.45. The lowest BCUT2D eigenvalue weighted by atomic mass is 9.59. The minimum absolute atomic E-state index is 0.109. The number of piperidine rings is 1. The molecule has 2 fully saturated rings. The quantitative estimate of drug-likeness (QED) is 0.549. The van der Waals surface area contributed by atoms with Gasteiger partial charge in [0.1, 0.15) is 11.5 Å². The Balaban J connectivity index is 0.00000141. The first kappa shape index (κ1) is 25.4. The maximum Gasteiger partial charge on any atom is 0.120 e. The third-order valence-electron chi connectivity index (χ3n) is 8.23. The Morgan fingerprint density at radius 1 is 1.17 bits per heavy atom. The standard InChI is InChI=1S/C28H37N3O2.C2H6/c1-5-33-23-10-13-26(2,14-11-23)25-20-27(3)21-28(15-19-31(25)27)24-9-7-18-30(24)17-6-8-22(32-4)12-16-29-28;1-2/h6-13,16-18,25,29H,5,14-15,19-21H2,1-4H3;1-2H3/b16-12+,17-6+,22-8+;. The van der Waals surface area contributed by atoms with Crippen molar-refractivity contribution in [3.63, 3.8) is 0 Å². The third kappa shape index (κ3) is 4.63. The zero-order chi connectivity index (χ0) is 25.1. The van der Waals surface area contributed by atoms with E-state index in [0.717, 1.165) is 43.9 Å². The van der Waals surface area contributed by atoms with E-state index in [1.807, 2.05) is 32.9 Å². The second-order valence-electron chi connectivity index (χ2n) is 10.4. The van der Waals surface area contributed by atoms with Gasteiger partial charge in [0, 0.05) is 47.8 Å². The second kappa shape index (κ2) is 10.1. The summed E-state index contributed by atoms with van der Waals surface area (Å²) in [6, 6.07) is 4.99. The largest absolute Gasteiger partial charge is 0.497 e. The summed E-state index contributed by atoms with van der Waals surface area (Å²) in [5.74, 6) is 1.86. The van der Waals surface area contributed by atoms with Crippen LogP contribution in [0.5, 0.6) is 0 Å². The number of ether oxygens (including phenoxy) is 2. The van der Waals surface area contributed by atoms with Gasteiger partial charge >= 0.3 is 0 Å². The number of nitrogens with zero attached hydrogens (tertiary/aromatic N) is 2. The SMILES string of the molecule is CC.CCOC1=CCC(C)(C2CC3(C)CC4(CCN23)N/C=C/C(OC)=C\C=C\n2cccc24)C=C1. The van der Waals surface area contributed by atoms with Crippen LogP contribution in [-0.4, -0.2) is 41.3 Å². The lowest BCUT2D eigenvalue weighted by Gasteiger charge is -2.67. The molecule has 1 aromatic rings. The van der Waals surface area contributed by atoms with Crippen molar-refractivity contribution >= 4 is 6.20 Å². The summed E-state index contributed by atoms with van der Waals surface area (Å²) in [6.45, 7) is 12.7. The molecule has 1 aliphatic carbocycles. The maximum atomic E-state index is 5.72. The molecule has 0 bridgehead atoms. The van der Waals surface area contributed by atoms with Crippen LogP contribution in [0.15, 0.2) is 72.5 Å². The summed E-state index contributed by atoms with van der Waals surface area (Å²) in [4.78, 5) is 2.77. The number of allylic oxidation sites excluding steroid dienone is 5. The Labute approximate surface area is 211 Å². The van der Waals surface area contributed by atoms with E-state index in [2.05, 4.69) is 83.7 Å². The predicted molar refractivity (Wildman–Crippen MR) is 144 cm³/mol. The molecule has 0 radical (unpaired) electrons. The topological polar surface area (TPSA) is 38.7 Å². The van der Waals surface area contributed by atoms with Gasteiger partial charge < -0.3 is 19.4 Å². The first-order valence-electron chi connectivity index (χ1n) is 13.2. The first-order chi connectivity index (χ1) is 16.9. The fourth-order valence-electron chi connectivity index (χ4n) is 6.45. The highest BCUT2D eigenvalue weighted by Crippen LogP contribution is 2.56. The molecular weight excluding hydrogens is 434 g/mol. The Morgan fingerprint density at radius 2 is 2.00 bits per heavy atom. The Bertz CT molecular complexity index is 1050. The Kier molecular flexibility index (Phi) is 7.37. The molecule has 4 aliphatic rings. The third-order valence-corrected chi connectivity index (χ3v) is 8.23. The molecule has 0 saturated carbocycles. The molecule has 2 saturated heterocycles. The molecule has 5 heteroatoms. The summed E-state index contributed by atoms with van der Waals surface area (Å²) in [6.07, 6.45) is 23.7. The van der Waals surface area contributed by atoms with Gasteiger partial charge in [-0.1, -0.05) is 26.8 Å². The molecule has 5 rings (SSSR count). The van der Waals surface area contributed by atoms with Crippen molar-refractivity contribution in [2.45, 2.75) is 77.4 Å². The number of hydrogen-bond acceptors (Lipinski definition) is 4. The van der Waals surface area contributed by atoms with E-state index in [1.165, 1.54) is 12.1 Å². The van der Waals surface area contributed by atoms with Crippen molar-refractivity contribution < 1.29 is 9.47 Å². The van der Waals surface area contributed by atoms with E-state index < -0.39 is 0 Å². The molecule has 35 heavy (non-hydrogen) atoms. The predicted octanol–water partition coefficient (Wildman–Crippen LogP) is 6.34. The fraction of sp³-hybridized carbons (Fsp3) is 0.533. The van der Waals surface area contributed by atoms with Gasteiger partial charge in [0.05, 0.1) is 19.3 Å². The van der Waals surface area contributed by atoms with Crippen molar-refractivity contribution in [2.24, 2.45) is 5.41 Å². The van der Waals surface area contributed by atoms with E-state index in [0.29, 0.717) is 6.04 Å². The van der Waals surface area contributed by atoms with Crippen molar-refractivity contribution in [2.75, 3.05) is 20.3 Å². The zero-order valence-electron chi connectivity index (χ0n) is 22.4. The molecule has 1 aromatic heterocycles. The highest BCUT2D eigenvalue weighted by atomic mass is 16.5. The summed E-state index contributed by atoms with van der Waals surface area (Å²) < 4.78 is 13.5. The summed E-state index contributed by atoms with van der Waals surface area (Å²) in [5.41, 5.74) is 1.56. The number of rotatable bonds is 4. The molecule has 5 nitrogen and oxygen atoms in total. The van der Waals surface area contributed by atoms with Gasteiger partial charge in [-0.05, 0) is 82.0 Å². The smallest absolute Gasteiger partial charge is 0.120 e. The van der Waals surface area contributed by atoms with Crippen LogP contribution in [-0.2, 0) is 15.0 Å². The lowest BCUT2D eigenvalue weighted by Crippen LogP contribution is -2.74. The molecule has 0 aromatic carbocycles. The van der Waals surface area contributed by atoms with E-state index in [4.69, 9.17) is 9.47 Å². The minimum Gasteiger partial charge on any atom is -0.497 e. The van der Waals surface area contributed by atoms with Crippen LogP contribution >= 0.6 is 0 Å².